The maximum absolute atomic E-state index is 13.5. The SMILES string of the molecule is CC1SCCN(C(=O)c2cc(F)ccc2C#CCN)C1C. The molecule has 1 heterocycles. The lowest BCUT2D eigenvalue weighted by Gasteiger charge is -2.37. The fourth-order valence-electron chi connectivity index (χ4n) is 2.32. The Labute approximate surface area is 129 Å². The summed E-state index contributed by atoms with van der Waals surface area (Å²) in [6.45, 7) is 5.02. The number of halogens is 1. The molecule has 0 saturated carbocycles. The number of benzene rings is 1. The van der Waals surface area contributed by atoms with Gasteiger partial charge in [-0.2, -0.15) is 11.8 Å². The Balaban J connectivity index is 2.35. The van der Waals surface area contributed by atoms with Gasteiger partial charge in [-0.3, -0.25) is 4.79 Å². The number of nitrogens with zero attached hydrogens (tertiary/aromatic N) is 1. The minimum atomic E-state index is -0.427. The molecule has 1 aromatic rings. The van der Waals surface area contributed by atoms with Crippen LogP contribution in [0, 0.1) is 17.7 Å². The van der Waals surface area contributed by atoms with Crippen molar-refractivity contribution in [1.29, 1.82) is 0 Å². The molecule has 0 spiro atoms. The van der Waals surface area contributed by atoms with Gasteiger partial charge in [-0.25, -0.2) is 4.39 Å². The first-order valence-electron chi connectivity index (χ1n) is 6.95. The Morgan fingerprint density at radius 3 is 3.00 bits per heavy atom. The van der Waals surface area contributed by atoms with Crippen LogP contribution < -0.4 is 5.73 Å². The Bertz CT molecular complexity index is 594. The number of rotatable bonds is 1. The third-order valence-corrected chi connectivity index (χ3v) is 5.02. The predicted molar refractivity (Wildman–Crippen MR) is 84.8 cm³/mol. The van der Waals surface area contributed by atoms with E-state index in [-0.39, 0.29) is 18.5 Å². The van der Waals surface area contributed by atoms with Gasteiger partial charge in [-0.15, -0.1) is 0 Å². The topological polar surface area (TPSA) is 46.3 Å². The third kappa shape index (κ3) is 3.58. The lowest BCUT2D eigenvalue weighted by Crippen LogP contribution is -2.48. The molecule has 3 nitrogen and oxygen atoms in total. The van der Waals surface area contributed by atoms with Gasteiger partial charge in [-0.05, 0) is 25.1 Å². The van der Waals surface area contributed by atoms with E-state index in [0.717, 1.165) is 5.75 Å². The zero-order valence-corrected chi connectivity index (χ0v) is 13.0. The third-order valence-electron chi connectivity index (χ3n) is 3.68. The van der Waals surface area contributed by atoms with Crippen molar-refractivity contribution in [1.82, 2.24) is 4.90 Å². The summed E-state index contributed by atoms with van der Waals surface area (Å²) in [6.07, 6.45) is 0. The summed E-state index contributed by atoms with van der Waals surface area (Å²) in [6, 6.07) is 4.24. The maximum atomic E-state index is 13.5. The quantitative estimate of drug-likeness (QED) is 0.808. The van der Waals surface area contributed by atoms with E-state index in [9.17, 15) is 9.18 Å². The lowest BCUT2D eigenvalue weighted by atomic mass is 10.0. The molecule has 1 aliphatic rings. The van der Waals surface area contributed by atoms with Gasteiger partial charge >= 0.3 is 0 Å². The minimum Gasteiger partial charge on any atom is -0.334 e. The number of hydrogen-bond donors (Lipinski definition) is 1. The fraction of sp³-hybridized carbons (Fsp3) is 0.438. The first-order chi connectivity index (χ1) is 10.0. The monoisotopic (exact) mass is 306 g/mol. The van der Waals surface area contributed by atoms with E-state index in [0.29, 0.717) is 22.9 Å². The second-order valence-corrected chi connectivity index (χ2v) is 6.50. The molecular weight excluding hydrogens is 287 g/mol. The van der Waals surface area contributed by atoms with Crippen LogP contribution in [0.5, 0.6) is 0 Å². The normalized spacial score (nSPS) is 21.6. The number of hydrogen-bond acceptors (Lipinski definition) is 3. The molecule has 2 atom stereocenters. The van der Waals surface area contributed by atoms with E-state index in [1.54, 1.807) is 0 Å². The van der Waals surface area contributed by atoms with Crippen molar-refractivity contribution in [2.75, 3.05) is 18.8 Å². The minimum absolute atomic E-state index is 0.120. The largest absolute Gasteiger partial charge is 0.334 e. The number of amides is 1. The first-order valence-corrected chi connectivity index (χ1v) is 8.00. The Morgan fingerprint density at radius 1 is 1.52 bits per heavy atom. The van der Waals surface area contributed by atoms with E-state index < -0.39 is 5.82 Å². The summed E-state index contributed by atoms with van der Waals surface area (Å²) in [7, 11) is 0. The smallest absolute Gasteiger partial charge is 0.255 e. The Morgan fingerprint density at radius 2 is 2.29 bits per heavy atom. The molecule has 21 heavy (non-hydrogen) atoms. The van der Waals surface area contributed by atoms with E-state index >= 15 is 0 Å². The van der Waals surface area contributed by atoms with Crippen LogP contribution in [0.15, 0.2) is 18.2 Å². The van der Waals surface area contributed by atoms with Crippen molar-refractivity contribution in [2.24, 2.45) is 5.73 Å². The summed E-state index contributed by atoms with van der Waals surface area (Å²) in [5, 5.41) is 0.370. The Hall–Kier alpha value is -1.51. The molecule has 0 radical (unpaired) electrons. The molecule has 1 aromatic carbocycles. The number of thioether (sulfide) groups is 1. The van der Waals surface area contributed by atoms with E-state index in [4.69, 9.17) is 5.73 Å². The molecule has 1 amide bonds. The summed E-state index contributed by atoms with van der Waals surface area (Å²) in [5.41, 5.74) is 6.22. The summed E-state index contributed by atoms with van der Waals surface area (Å²) in [4.78, 5) is 14.6. The Kier molecular flexibility index (Phi) is 5.27. The zero-order valence-electron chi connectivity index (χ0n) is 12.2. The van der Waals surface area contributed by atoms with Gasteiger partial charge in [0.1, 0.15) is 5.82 Å². The maximum Gasteiger partial charge on any atom is 0.255 e. The molecule has 1 fully saturated rings. The highest BCUT2D eigenvalue weighted by molar-refractivity contribution is 8.00. The van der Waals surface area contributed by atoms with Crippen LogP contribution in [0.25, 0.3) is 0 Å². The van der Waals surface area contributed by atoms with Gasteiger partial charge in [0.25, 0.3) is 5.91 Å². The number of nitrogens with two attached hydrogens (primary N) is 1. The van der Waals surface area contributed by atoms with E-state index in [1.807, 2.05) is 23.6 Å². The van der Waals surface area contributed by atoms with Crippen LogP contribution >= 0.6 is 11.8 Å². The fourth-order valence-corrected chi connectivity index (χ4v) is 3.42. The summed E-state index contributed by atoms with van der Waals surface area (Å²) < 4.78 is 13.5. The van der Waals surface area contributed by atoms with E-state index in [2.05, 4.69) is 18.8 Å². The molecule has 2 rings (SSSR count). The first kappa shape index (κ1) is 15.9. The highest BCUT2D eigenvalue weighted by Crippen LogP contribution is 2.26. The van der Waals surface area contributed by atoms with Gasteiger partial charge < -0.3 is 10.6 Å². The van der Waals surface area contributed by atoms with Crippen molar-refractivity contribution < 1.29 is 9.18 Å². The molecule has 5 heteroatoms. The van der Waals surface area contributed by atoms with Crippen LogP contribution in [0.1, 0.15) is 29.8 Å². The summed E-state index contributed by atoms with van der Waals surface area (Å²) >= 11 is 1.85. The van der Waals surface area contributed by atoms with Crippen molar-refractivity contribution in [2.45, 2.75) is 25.1 Å². The van der Waals surface area contributed by atoms with Crippen LogP contribution in [0.3, 0.4) is 0 Å². The average molecular weight is 306 g/mol. The average Bonchev–Trinajstić information content (AvgIpc) is 2.48. The molecule has 2 N–H and O–H groups in total. The molecule has 0 aliphatic carbocycles. The molecule has 1 aliphatic heterocycles. The second-order valence-electron chi connectivity index (χ2n) is 5.01. The molecule has 1 saturated heterocycles. The van der Waals surface area contributed by atoms with Gasteiger partial charge in [0.2, 0.25) is 0 Å². The molecule has 0 aromatic heterocycles. The van der Waals surface area contributed by atoms with Crippen LogP contribution in [-0.2, 0) is 0 Å². The van der Waals surface area contributed by atoms with E-state index in [1.165, 1.54) is 18.2 Å². The number of carbonyl (C=O) groups is 1. The van der Waals surface area contributed by atoms with Gasteiger partial charge in [0, 0.05) is 29.2 Å². The van der Waals surface area contributed by atoms with Crippen LogP contribution in [-0.4, -0.2) is 40.9 Å². The van der Waals surface area contributed by atoms with Crippen LogP contribution in [0.2, 0.25) is 0 Å². The van der Waals surface area contributed by atoms with Gasteiger partial charge in [0.05, 0.1) is 12.1 Å². The highest BCUT2D eigenvalue weighted by Gasteiger charge is 2.30. The van der Waals surface area contributed by atoms with Crippen molar-refractivity contribution in [3.63, 3.8) is 0 Å². The number of carbonyl (C=O) groups excluding carboxylic acids is 1. The molecular formula is C16H19FN2OS. The summed E-state index contributed by atoms with van der Waals surface area (Å²) in [5.74, 6) is 5.89. The standard InChI is InChI=1S/C16H19FN2OS/c1-11-12(2)21-9-8-19(11)16(20)15-10-14(17)6-5-13(15)4-3-7-18/h5-6,10-12H,7-9,18H2,1-2H3. The van der Waals surface area contributed by atoms with Gasteiger partial charge in [0.15, 0.2) is 0 Å². The predicted octanol–water partition coefficient (Wildman–Crippen LogP) is 2.10. The highest BCUT2D eigenvalue weighted by atomic mass is 32.2. The second kappa shape index (κ2) is 6.97. The lowest BCUT2D eigenvalue weighted by molar-refractivity contribution is 0.0697. The zero-order chi connectivity index (χ0) is 15.4. The molecule has 2 unspecified atom stereocenters. The molecule has 112 valence electrons. The molecule has 0 bridgehead atoms. The van der Waals surface area contributed by atoms with Crippen LogP contribution in [0.4, 0.5) is 4.39 Å². The van der Waals surface area contributed by atoms with Crippen molar-refractivity contribution >= 4 is 17.7 Å². The van der Waals surface area contributed by atoms with Gasteiger partial charge in [-0.1, -0.05) is 18.8 Å². The van der Waals surface area contributed by atoms with Crippen molar-refractivity contribution in [3.05, 3.63) is 35.1 Å². The van der Waals surface area contributed by atoms with Crippen molar-refractivity contribution in [3.8, 4) is 11.8 Å².